The van der Waals surface area contributed by atoms with Gasteiger partial charge in [-0.25, -0.2) is 0 Å². The van der Waals surface area contributed by atoms with Crippen LogP contribution in [0.1, 0.15) is 162 Å². The Morgan fingerprint density at radius 1 is 0.587 bits per heavy atom. The van der Waals surface area contributed by atoms with Gasteiger partial charge < -0.3 is 38.1 Å². The van der Waals surface area contributed by atoms with E-state index in [1.807, 2.05) is 51.5 Å². The first-order valence-corrected chi connectivity index (χ1v) is 25.5. The summed E-state index contributed by atoms with van der Waals surface area (Å²) >= 11 is 0. The fraction of sp³-hybridized carbons (Fsp3) is 0.686. The predicted octanol–water partition coefficient (Wildman–Crippen LogP) is 11.3. The van der Waals surface area contributed by atoms with Crippen LogP contribution in [0.15, 0.2) is 85.1 Å². The van der Waals surface area contributed by atoms with Gasteiger partial charge in [0.25, 0.3) is 7.82 Å². The van der Waals surface area contributed by atoms with E-state index in [9.17, 15) is 29.3 Å². The van der Waals surface area contributed by atoms with Crippen molar-refractivity contribution < 1.29 is 52.3 Å². The van der Waals surface area contributed by atoms with Crippen LogP contribution in [0, 0.1) is 0 Å². The van der Waals surface area contributed by atoms with Gasteiger partial charge in [-0.3, -0.25) is 14.2 Å². The summed E-state index contributed by atoms with van der Waals surface area (Å²) in [6.07, 6.45) is 46.8. The highest BCUT2D eigenvalue weighted by molar-refractivity contribution is 7.45. The molecule has 11 nitrogen and oxygen atoms in total. The number of quaternary nitrogens is 1. The van der Waals surface area contributed by atoms with Crippen LogP contribution in [0.3, 0.4) is 0 Å². The molecule has 0 bridgehead atoms. The molecule has 63 heavy (non-hydrogen) atoms. The summed E-state index contributed by atoms with van der Waals surface area (Å²) < 4.78 is 33.8. The largest absolute Gasteiger partial charge is 0.756 e. The first kappa shape index (κ1) is 60.1. The molecule has 0 aliphatic rings. The minimum absolute atomic E-state index is 0.0210. The van der Waals surface area contributed by atoms with Gasteiger partial charge in [0.2, 0.25) is 0 Å². The minimum Gasteiger partial charge on any atom is -0.756 e. The molecule has 2 N–H and O–H groups in total. The van der Waals surface area contributed by atoms with Crippen LogP contribution in [0.4, 0.5) is 0 Å². The standard InChI is InChI=1S/C51H88NO10P/c1-6-8-10-11-12-13-14-15-16-17-18-19-20-21-22-23-24-28-31-35-41-51(56)62-49(46-61-63(57,58)60-44-43-52(3,4)5)45-59-50(55)42-36-40-48(54)39-34-30-27-25-26-29-33-38-47(53)37-32-9-7-2/h13-14,16-17,19-20,26-27,29-30,33-34,38-39,47-49,53-54H,6-12,15,18,21-25,28,31-32,35-37,40-46H2,1-5H3/b14-13-,17-16-,20-19-,29-26-,30-27-,38-33+,39-34+/t47-,48-,49+/m0/s1. The summed E-state index contributed by atoms with van der Waals surface area (Å²) in [5.41, 5.74) is 0. The number of hydrogen-bond donors (Lipinski definition) is 2. The lowest BCUT2D eigenvalue weighted by atomic mass is 10.1. The van der Waals surface area contributed by atoms with Crippen molar-refractivity contribution in [1.29, 1.82) is 0 Å². The van der Waals surface area contributed by atoms with Crippen LogP contribution >= 0.6 is 7.82 Å². The normalized spacial score (nSPS) is 15.2. The number of carbonyl (C=O) groups is 2. The van der Waals surface area contributed by atoms with Crippen molar-refractivity contribution in [2.75, 3.05) is 47.5 Å². The van der Waals surface area contributed by atoms with Crippen molar-refractivity contribution in [1.82, 2.24) is 0 Å². The number of carbonyl (C=O) groups excluding carboxylic acids is 2. The molecule has 0 saturated heterocycles. The van der Waals surface area contributed by atoms with Crippen molar-refractivity contribution in [2.24, 2.45) is 0 Å². The Hall–Kier alpha value is -2.89. The molecule has 0 aliphatic carbocycles. The smallest absolute Gasteiger partial charge is 0.306 e. The number of unbranched alkanes of at least 4 members (excludes halogenated alkanes) is 12. The molecule has 0 spiro atoms. The van der Waals surface area contributed by atoms with Gasteiger partial charge in [-0.15, -0.1) is 0 Å². The quantitative estimate of drug-likeness (QED) is 0.0151. The molecule has 0 fully saturated rings. The summed E-state index contributed by atoms with van der Waals surface area (Å²) in [6.45, 7) is 3.81. The number of likely N-dealkylation sites (N-methyl/N-ethyl adjacent to an activating group) is 1. The average molecular weight is 906 g/mol. The number of esters is 2. The lowest BCUT2D eigenvalue weighted by Gasteiger charge is -2.28. The van der Waals surface area contributed by atoms with Gasteiger partial charge >= 0.3 is 11.9 Å². The Kier molecular flexibility index (Phi) is 39.9. The zero-order valence-electron chi connectivity index (χ0n) is 40.0. The number of phosphoric ester groups is 1. The molecule has 0 heterocycles. The van der Waals surface area contributed by atoms with Crippen LogP contribution in [0.5, 0.6) is 0 Å². The van der Waals surface area contributed by atoms with Gasteiger partial charge in [0, 0.05) is 12.8 Å². The topological polar surface area (TPSA) is 152 Å². The summed E-state index contributed by atoms with van der Waals surface area (Å²) in [5, 5.41) is 20.2. The SMILES string of the molecule is CCCCCC/C=C\C/C=C\C/C=C\CCCCCCCCC(=O)O[C@H](COC(=O)CCC[C@@H](O)/C=C/C=C\C/C=C\C=C\[C@@H](O)CCCCC)COP(=O)([O-])OCC[N+](C)(C)C. The average Bonchev–Trinajstić information content (AvgIpc) is 3.22. The van der Waals surface area contributed by atoms with Crippen molar-refractivity contribution in [2.45, 2.75) is 180 Å². The second kappa shape index (κ2) is 41.8. The molecule has 0 saturated carbocycles. The minimum atomic E-state index is -4.69. The number of ether oxygens (including phenoxy) is 2. The molecule has 4 atom stereocenters. The second-order valence-corrected chi connectivity index (χ2v) is 18.6. The molecule has 0 aromatic carbocycles. The first-order valence-electron chi connectivity index (χ1n) is 24.0. The number of allylic oxidation sites excluding steroid dienone is 12. The van der Waals surface area contributed by atoms with Gasteiger partial charge in [-0.2, -0.15) is 0 Å². The van der Waals surface area contributed by atoms with Crippen molar-refractivity contribution >= 4 is 19.8 Å². The fourth-order valence-electron chi connectivity index (χ4n) is 5.99. The van der Waals surface area contributed by atoms with Gasteiger partial charge in [-0.1, -0.05) is 163 Å². The summed E-state index contributed by atoms with van der Waals surface area (Å²) in [7, 11) is 1.01. The number of aliphatic hydroxyl groups is 2. The third-order valence-electron chi connectivity index (χ3n) is 9.85. The lowest BCUT2D eigenvalue weighted by molar-refractivity contribution is -0.870. The maximum Gasteiger partial charge on any atom is 0.306 e. The Bertz CT molecular complexity index is 1380. The third kappa shape index (κ3) is 45.5. The van der Waals surface area contributed by atoms with Crippen molar-refractivity contribution in [3.8, 4) is 0 Å². The van der Waals surface area contributed by atoms with Crippen LogP contribution in [-0.2, 0) is 32.7 Å². The molecule has 12 heteroatoms. The monoisotopic (exact) mass is 906 g/mol. The van der Waals surface area contributed by atoms with E-state index in [0.717, 1.165) is 77.0 Å². The number of hydrogen-bond acceptors (Lipinski definition) is 10. The first-order chi connectivity index (χ1) is 30.3. The van der Waals surface area contributed by atoms with E-state index in [0.29, 0.717) is 36.7 Å². The van der Waals surface area contributed by atoms with Crippen molar-refractivity contribution in [3.05, 3.63) is 85.1 Å². The lowest BCUT2D eigenvalue weighted by Crippen LogP contribution is -2.37. The molecule has 0 rings (SSSR count). The molecule has 0 aromatic rings. The zero-order valence-corrected chi connectivity index (χ0v) is 40.9. The molecule has 0 aromatic heterocycles. The van der Waals surface area contributed by atoms with Crippen LogP contribution < -0.4 is 4.89 Å². The number of phosphoric acid groups is 1. The number of aliphatic hydroxyl groups excluding tert-OH is 2. The molecule has 0 aliphatic heterocycles. The van der Waals surface area contributed by atoms with E-state index in [1.165, 1.54) is 32.1 Å². The highest BCUT2D eigenvalue weighted by atomic mass is 31.2. The number of nitrogens with zero attached hydrogens (tertiary/aromatic N) is 1. The fourth-order valence-corrected chi connectivity index (χ4v) is 6.72. The van der Waals surface area contributed by atoms with Gasteiger partial charge in [0.1, 0.15) is 19.8 Å². The molecular formula is C51H88NO10P. The van der Waals surface area contributed by atoms with Gasteiger partial charge in [0.15, 0.2) is 6.10 Å². The Morgan fingerprint density at radius 2 is 1.08 bits per heavy atom. The zero-order chi connectivity index (χ0) is 46.7. The Labute approximate surface area is 383 Å². The summed E-state index contributed by atoms with van der Waals surface area (Å²) in [5.74, 6) is -1.08. The highest BCUT2D eigenvalue weighted by Gasteiger charge is 2.22. The predicted molar refractivity (Wildman–Crippen MR) is 257 cm³/mol. The molecular weight excluding hydrogens is 818 g/mol. The molecule has 1 unspecified atom stereocenters. The van der Waals surface area contributed by atoms with E-state index < -0.39 is 44.7 Å². The van der Waals surface area contributed by atoms with Gasteiger partial charge in [0.05, 0.1) is 40.0 Å². The van der Waals surface area contributed by atoms with E-state index in [1.54, 1.807) is 18.2 Å². The van der Waals surface area contributed by atoms with Crippen LogP contribution in [-0.4, -0.2) is 92.5 Å². The maximum absolute atomic E-state index is 12.7. The van der Waals surface area contributed by atoms with E-state index in [4.69, 9.17) is 18.5 Å². The molecule has 0 amide bonds. The van der Waals surface area contributed by atoms with Crippen LogP contribution in [0.25, 0.3) is 0 Å². The van der Waals surface area contributed by atoms with Crippen LogP contribution in [0.2, 0.25) is 0 Å². The number of rotatable bonds is 42. The van der Waals surface area contributed by atoms with E-state index in [2.05, 4.69) is 50.3 Å². The molecule has 362 valence electrons. The highest BCUT2D eigenvalue weighted by Crippen LogP contribution is 2.38. The Morgan fingerprint density at radius 3 is 1.67 bits per heavy atom. The summed E-state index contributed by atoms with van der Waals surface area (Å²) in [4.78, 5) is 37.7. The van der Waals surface area contributed by atoms with E-state index >= 15 is 0 Å². The maximum atomic E-state index is 12.7. The molecule has 0 radical (unpaired) electrons. The Balaban J connectivity index is 4.57. The van der Waals surface area contributed by atoms with Crippen molar-refractivity contribution in [3.63, 3.8) is 0 Å². The van der Waals surface area contributed by atoms with Gasteiger partial charge in [-0.05, 0) is 70.6 Å². The third-order valence-corrected chi connectivity index (χ3v) is 10.8. The second-order valence-electron chi connectivity index (χ2n) is 17.2. The van der Waals surface area contributed by atoms with E-state index in [-0.39, 0.29) is 26.1 Å². The summed E-state index contributed by atoms with van der Waals surface area (Å²) in [6, 6.07) is 0.